The third-order valence-corrected chi connectivity index (χ3v) is 3.72. The Balaban J connectivity index is 1.75. The number of ether oxygens (including phenoxy) is 1. The summed E-state index contributed by atoms with van der Waals surface area (Å²) >= 11 is 0. The Morgan fingerprint density at radius 3 is 2.96 bits per heavy atom. The lowest BCUT2D eigenvalue weighted by Crippen LogP contribution is -2.58. The lowest BCUT2D eigenvalue weighted by atomic mass is 10.0. The summed E-state index contributed by atoms with van der Waals surface area (Å²) in [7, 11) is 0. The summed E-state index contributed by atoms with van der Waals surface area (Å²) in [6.07, 6.45) is 1.54. The van der Waals surface area contributed by atoms with Crippen molar-refractivity contribution in [2.75, 3.05) is 5.32 Å². The molecule has 2 aromatic rings. The van der Waals surface area contributed by atoms with Crippen molar-refractivity contribution in [1.82, 2.24) is 10.3 Å². The third-order valence-electron chi connectivity index (χ3n) is 3.72. The standard InChI is InChI=1S/C17H17N3O3/c1-11-5-3-6-12(9-11)10-19-15(21)17(2)16(22)20-14-13(23-17)7-4-8-18-14/h3-9H,10H2,1-2H3,(H,19,21)(H,18,20,22)/t17-/m1/s1. The van der Waals surface area contributed by atoms with Crippen molar-refractivity contribution < 1.29 is 14.3 Å². The van der Waals surface area contributed by atoms with E-state index >= 15 is 0 Å². The fourth-order valence-corrected chi connectivity index (χ4v) is 2.38. The summed E-state index contributed by atoms with van der Waals surface area (Å²) in [5.74, 6) is -0.335. The number of nitrogens with one attached hydrogen (secondary N) is 2. The van der Waals surface area contributed by atoms with Crippen LogP contribution in [0.3, 0.4) is 0 Å². The van der Waals surface area contributed by atoms with E-state index in [2.05, 4.69) is 15.6 Å². The highest BCUT2D eigenvalue weighted by atomic mass is 16.5. The quantitative estimate of drug-likeness (QED) is 0.847. The minimum atomic E-state index is -1.63. The van der Waals surface area contributed by atoms with Gasteiger partial charge in [0, 0.05) is 12.7 Å². The van der Waals surface area contributed by atoms with Gasteiger partial charge in [-0.15, -0.1) is 0 Å². The molecule has 0 saturated heterocycles. The van der Waals surface area contributed by atoms with Gasteiger partial charge in [-0.1, -0.05) is 29.8 Å². The Labute approximate surface area is 133 Å². The van der Waals surface area contributed by atoms with Gasteiger partial charge in [0.05, 0.1) is 0 Å². The van der Waals surface area contributed by atoms with Crippen LogP contribution in [0, 0.1) is 6.92 Å². The molecule has 0 unspecified atom stereocenters. The molecular weight excluding hydrogens is 294 g/mol. The highest BCUT2D eigenvalue weighted by molar-refractivity contribution is 6.15. The minimum absolute atomic E-state index is 0.321. The van der Waals surface area contributed by atoms with Crippen LogP contribution in [0.15, 0.2) is 42.6 Å². The number of fused-ring (bicyclic) bond motifs is 1. The number of nitrogens with zero attached hydrogens (tertiary/aromatic N) is 1. The molecule has 0 fully saturated rings. The van der Waals surface area contributed by atoms with Crippen LogP contribution in [-0.4, -0.2) is 22.4 Å². The first-order chi connectivity index (χ1) is 11.0. The molecule has 0 spiro atoms. The van der Waals surface area contributed by atoms with Crippen LogP contribution in [0.25, 0.3) is 0 Å². The molecule has 6 heteroatoms. The second-order valence-corrected chi connectivity index (χ2v) is 5.61. The molecule has 1 aliphatic rings. The monoisotopic (exact) mass is 311 g/mol. The zero-order chi connectivity index (χ0) is 16.4. The Hall–Kier alpha value is -2.89. The lowest BCUT2D eigenvalue weighted by Gasteiger charge is -2.32. The zero-order valence-corrected chi connectivity index (χ0v) is 12.9. The first-order valence-corrected chi connectivity index (χ1v) is 7.28. The fourth-order valence-electron chi connectivity index (χ4n) is 2.38. The third kappa shape index (κ3) is 2.88. The number of aromatic nitrogens is 1. The van der Waals surface area contributed by atoms with Crippen LogP contribution in [0.2, 0.25) is 0 Å². The second kappa shape index (κ2) is 5.72. The molecule has 1 aliphatic heterocycles. The van der Waals surface area contributed by atoms with Gasteiger partial charge in [-0.25, -0.2) is 4.98 Å². The summed E-state index contributed by atoms with van der Waals surface area (Å²) in [5, 5.41) is 5.36. The van der Waals surface area contributed by atoms with Crippen molar-refractivity contribution in [2.45, 2.75) is 26.0 Å². The van der Waals surface area contributed by atoms with E-state index < -0.39 is 17.4 Å². The van der Waals surface area contributed by atoms with E-state index in [0.29, 0.717) is 18.1 Å². The van der Waals surface area contributed by atoms with Crippen molar-refractivity contribution in [2.24, 2.45) is 0 Å². The number of hydrogen-bond donors (Lipinski definition) is 2. The predicted molar refractivity (Wildman–Crippen MR) is 84.9 cm³/mol. The Bertz CT molecular complexity index is 775. The Kier molecular flexibility index (Phi) is 3.73. The van der Waals surface area contributed by atoms with E-state index in [1.54, 1.807) is 18.3 Å². The van der Waals surface area contributed by atoms with Gasteiger partial charge in [0.25, 0.3) is 17.4 Å². The van der Waals surface area contributed by atoms with Crippen molar-refractivity contribution in [3.8, 4) is 5.75 Å². The van der Waals surface area contributed by atoms with Crippen LogP contribution in [0.1, 0.15) is 18.1 Å². The number of carbonyl (C=O) groups is 2. The van der Waals surface area contributed by atoms with Gasteiger partial charge in [0.15, 0.2) is 11.6 Å². The lowest BCUT2D eigenvalue weighted by molar-refractivity contribution is -0.146. The van der Waals surface area contributed by atoms with E-state index in [0.717, 1.165) is 11.1 Å². The molecule has 0 aliphatic carbocycles. The molecule has 1 aromatic heterocycles. The number of aryl methyl sites for hydroxylation is 1. The summed E-state index contributed by atoms with van der Waals surface area (Å²) in [6.45, 7) is 3.75. The maximum absolute atomic E-state index is 12.5. The van der Waals surface area contributed by atoms with E-state index in [1.165, 1.54) is 6.92 Å². The van der Waals surface area contributed by atoms with Crippen LogP contribution in [0.5, 0.6) is 5.75 Å². The number of carbonyl (C=O) groups excluding carboxylic acids is 2. The minimum Gasteiger partial charge on any atom is -0.464 e. The molecule has 23 heavy (non-hydrogen) atoms. The normalized spacial score (nSPS) is 19.3. The topological polar surface area (TPSA) is 80.3 Å². The first-order valence-electron chi connectivity index (χ1n) is 7.28. The predicted octanol–water partition coefficient (Wildman–Crippen LogP) is 1.80. The van der Waals surface area contributed by atoms with E-state index in [1.807, 2.05) is 31.2 Å². The fraction of sp³-hybridized carbons (Fsp3) is 0.235. The maximum Gasteiger partial charge on any atom is 0.279 e. The molecule has 0 radical (unpaired) electrons. The summed E-state index contributed by atoms with van der Waals surface area (Å²) in [6, 6.07) is 11.1. The first kappa shape index (κ1) is 15.0. The largest absolute Gasteiger partial charge is 0.464 e. The molecule has 3 rings (SSSR count). The number of rotatable bonds is 3. The van der Waals surface area contributed by atoms with Gasteiger partial charge in [0.1, 0.15) is 0 Å². The summed E-state index contributed by atoms with van der Waals surface area (Å²) in [4.78, 5) is 28.7. The van der Waals surface area contributed by atoms with Crippen molar-refractivity contribution in [3.05, 3.63) is 53.7 Å². The van der Waals surface area contributed by atoms with Gasteiger partial charge in [0.2, 0.25) is 0 Å². The molecule has 1 atom stereocenters. The second-order valence-electron chi connectivity index (χ2n) is 5.61. The highest BCUT2D eigenvalue weighted by Crippen LogP contribution is 2.31. The van der Waals surface area contributed by atoms with Gasteiger partial charge < -0.3 is 15.4 Å². The Morgan fingerprint density at radius 2 is 2.17 bits per heavy atom. The van der Waals surface area contributed by atoms with E-state index in [9.17, 15) is 9.59 Å². The maximum atomic E-state index is 12.5. The average molecular weight is 311 g/mol. The van der Waals surface area contributed by atoms with Crippen LogP contribution < -0.4 is 15.4 Å². The van der Waals surface area contributed by atoms with Crippen LogP contribution in [0.4, 0.5) is 5.82 Å². The summed E-state index contributed by atoms with van der Waals surface area (Å²) in [5.41, 5.74) is 0.440. The average Bonchev–Trinajstić information content (AvgIpc) is 2.53. The molecular formula is C17H17N3O3. The van der Waals surface area contributed by atoms with Gasteiger partial charge >= 0.3 is 0 Å². The molecule has 2 N–H and O–H groups in total. The van der Waals surface area contributed by atoms with Gasteiger partial charge in [-0.2, -0.15) is 0 Å². The van der Waals surface area contributed by atoms with Crippen molar-refractivity contribution in [1.29, 1.82) is 0 Å². The molecule has 0 bridgehead atoms. The number of pyridine rings is 1. The van der Waals surface area contributed by atoms with Crippen molar-refractivity contribution >= 4 is 17.6 Å². The molecule has 1 aromatic carbocycles. The van der Waals surface area contributed by atoms with Gasteiger partial charge in [-0.3, -0.25) is 9.59 Å². The number of benzene rings is 1. The smallest absolute Gasteiger partial charge is 0.279 e. The molecule has 2 heterocycles. The highest BCUT2D eigenvalue weighted by Gasteiger charge is 2.47. The molecule has 0 saturated carbocycles. The van der Waals surface area contributed by atoms with E-state index in [4.69, 9.17) is 4.74 Å². The molecule has 2 amide bonds. The Morgan fingerprint density at radius 1 is 1.35 bits per heavy atom. The SMILES string of the molecule is Cc1cccc(CNC(=O)[C@@]2(C)Oc3cccnc3NC2=O)c1. The number of amides is 2. The van der Waals surface area contributed by atoms with Crippen LogP contribution >= 0.6 is 0 Å². The zero-order valence-electron chi connectivity index (χ0n) is 12.9. The van der Waals surface area contributed by atoms with E-state index in [-0.39, 0.29) is 0 Å². The number of hydrogen-bond acceptors (Lipinski definition) is 4. The number of anilines is 1. The van der Waals surface area contributed by atoms with Crippen LogP contribution in [-0.2, 0) is 16.1 Å². The molecule has 118 valence electrons. The van der Waals surface area contributed by atoms with Crippen molar-refractivity contribution in [3.63, 3.8) is 0 Å². The van der Waals surface area contributed by atoms with Gasteiger partial charge in [-0.05, 0) is 31.5 Å². The molecule has 6 nitrogen and oxygen atoms in total. The summed E-state index contributed by atoms with van der Waals surface area (Å²) < 4.78 is 5.62.